The van der Waals surface area contributed by atoms with Crippen molar-refractivity contribution < 1.29 is 13.2 Å². The second-order valence-electron chi connectivity index (χ2n) is 5.14. The Bertz CT molecular complexity index is 250. The highest BCUT2D eigenvalue weighted by Gasteiger charge is 2.37. The first-order valence-corrected chi connectivity index (χ1v) is 7.72. The van der Waals surface area contributed by atoms with Crippen molar-refractivity contribution in [1.29, 1.82) is 0 Å². The van der Waals surface area contributed by atoms with Crippen LogP contribution in [-0.4, -0.2) is 54.3 Å². The molecule has 2 aliphatic rings. The summed E-state index contributed by atoms with van der Waals surface area (Å²) in [6, 6.07) is 0.195. The normalized spacial score (nSPS) is 22.7. The molecule has 1 aliphatic heterocycles. The first kappa shape index (κ1) is 14.5. The third-order valence-corrected chi connectivity index (χ3v) is 4.82. The zero-order valence-corrected chi connectivity index (χ0v) is 11.3. The third-order valence-electron chi connectivity index (χ3n) is 3.46. The van der Waals surface area contributed by atoms with E-state index in [-0.39, 0.29) is 6.04 Å². The summed E-state index contributed by atoms with van der Waals surface area (Å²) in [4.78, 5) is 1.62. The molecule has 0 aromatic carbocycles. The summed E-state index contributed by atoms with van der Waals surface area (Å²) < 4.78 is 37.3. The second-order valence-corrected chi connectivity index (χ2v) is 6.55. The largest absolute Gasteiger partial charge is 0.401 e. The minimum absolute atomic E-state index is 0.195. The Kier molecular flexibility index (Phi) is 5.21. The van der Waals surface area contributed by atoms with Gasteiger partial charge in [0, 0.05) is 23.6 Å². The number of piperidine rings is 1. The fraction of sp³-hybridized carbons (Fsp3) is 1.00. The molecule has 6 heteroatoms. The molecule has 1 saturated heterocycles. The lowest BCUT2D eigenvalue weighted by molar-refractivity contribution is -0.146. The first-order valence-electron chi connectivity index (χ1n) is 6.68. The van der Waals surface area contributed by atoms with Gasteiger partial charge >= 0.3 is 6.18 Å². The number of halogens is 3. The molecule has 2 rings (SSSR count). The molecular weight excluding hydrogens is 261 g/mol. The van der Waals surface area contributed by atoms with Crippen molar-refractivity contribution >= 4 is 11.8 Å². The molecule has 1 N–H and O–H groups in total. The van der Waals surface area contributed by atoms with Crippen LogP contribution in [0, 0.1) is 0 Å². The predicted octanol–water partition coefficient (Wildman–Crippen LogP) is 2.50. The molecule has 0 spiro atoms. The summed E-state index contributed by atoms with van der Waals surface area (Å²) in [6.45, 7) is 1.95. The number of nitrogens with zero attached hydrogens (tertiary/aromatic N) is 1. The summed E-state index contributed by atoms with van der Waals surface area (Å²) in [5.41, 5.74) is 0. The average molecular weight is 282 g/mol. The van der Waals surface area contributed by atoms with Crippen molar-refractivity contribution in [1.82, 2.24) is 10.2 Å². The molecule has 0 bridgehead atoms. The average Bonchev–Trinajstić information content (AvgIpc) is 3.11. The lowest BCUT2D eigenvalue weighted by Crippen LogP contribution is -2.38. The van der Waals surface area contributed by atoms with E-state index >= 15 is 0 Å². The van der Waals surface area contributed by atoms with Crippen molar-refractivity contribution in [3.05, 3.63) is 0 Å². The second kappa shape index (κ2) is 6.48. The Morgan fingerprint density at radius 2 is 1.78 bits per heavy atom. The van der Waals surface area contributed by atoms with Gasteiger partial charge in [0.25, 0.3) is 0 Å². The molecule has 0 atom stereocenters. The fourth-order valence-electron chi connectivity index (χ4n) is 2.36. The van der Waals surface area contributed by atoms with Gasteiger partial charge in [-0.1, -0.05) is 0 Å². The van der Waals surface area contributed by atoms with Gasteiger partial charge in [-0.2, -0.15) is 24.9 Å². The molecule has 0 amide bonds. The van der Waals surface area contributed by atoms with Gasteiger partial charge in [0.05, 0.1) is 6.54 Å². The summed E-state index contributed by atoms with van der Waals surface area (Å²) in [5, 5.41) is 3.94. The fourth-order valence-corrected chi connectivity index (χ4v) is 3.60. The molecule has 1 saturated carbocycles. The molecule has 1 heterocycles. The number of hydrogen-bond donors (Lipinski definition) is 1. The Hall–Kier alpha value is 0.0600. The van der Waals surface area contributed by atoms with Gasteiger partial charge in [-0.25, -0.2) is 0 Å². The Morgan fingerprint density at radius 3 is 2.33 bits per heavy atom. The number of thioether (sulfide) groups is 1. The summed E-state index contributed by atoms with van der Waals surface area (Å²) in [6.07, 6.45) is 0.116. The van der Waals surface area contributed by atoms with Gasteiger partial charge < -0.3 is 5.32 Å². The molecule has 0 aromatic rings. The van der Waals surface area contributed by atoms with E-state index in [4.69, 9.17) is 0 Å². The lowest BCUT2D eigenvalue weighted by atomic mass is 10.2. The van der Waals surface area contributed by atoms with E-state index in [1.54, 1.807) is 4.90 Å². The van der Waals surface area contributed by atoms with E-state index < -0.39 is 12.7 Å². The van der Waals surface area contributed by atoms with Crippen LogP contribution in [-0.2, 0) is 0 Å². The molecule has 2 fully saturated rings. The van der Waals surface area contributed by atoms with Crippen LogP contribution < -0.4 is 5.32 Å². The maximum Gasteiger partial charge on any atom is 0.401 e. The molecule has 0 aromatic heterocycles. The van der Waals surface area contributed by atoms with Gasteiger partial charge in [0.1, 0.15) is 0 Å². The van der Waals surface area contributed by atoms with Gasteiger partial charge in [0.2, 0.25) is 0 Å². The predicted molar refractivity (Wildman–Crippen MR) is 69.0 cm³/mol. The van der Waals surface area contributed by atoms with Crippen molar-refractivity contribution in [3.63, 3.8) is 0 Å². The smallest absolute Gasteiger partial charge is 0.317 e. The van der Waals surface area contributed by atoms with Gasteiger partial charge in [-0.15, -0.1) is 0 Å². The molecular formula is C12H21F3N2S. The summed E-state index contributed by atoms with van der Waals surface area (Å²) in [7, 11) is 0. The number of nitrogens with one attached hydrogen (secondary N) is 1. The van der Waals surface area contributed by atoms with E-state index in [1.807, 2.05) is 11.8 Å². The number of alkyl halides is 3. The number of hydrogen-bond acceptors (Lipinski definition) is 3. The van der Waals surface area contributed by atoms with E-state index in [0.29, 0.717) is 11.8 Å². The van der Waals surface area contributed by atoms with Crippen molar-refractivity contribution in [3.8, 4) is 0 Å². The van der Waals surface area contributed by atoms with Crippen LogP contribution in [0.25, 0.3) is 0 Å². The van der Waals surface area contributed by atoms with Crippen LogP contribution in [0.4, 0.5) is 13.2 Å². The molecule has 1 aliphatic carbocycles. The Labute approximate surface area is 111 Å². The van der Waals surface area contributed by atoms with E-state index in [1.165, 1.54) is 0 Å². The maximum atomic E-state index is 12.4. The molecule has 18 heavy (non-hydrogen) atoms. The van der Waals surface area contributed by atoms with E-state index in [0.717, 1.165) is 44.5 Å². The van der Waals surface area contributed by atoms with Crippen LogP contribution in [0.3, 0.4) is 0 Å². The van der Waals surface area contributed by atoms with Gasteiger partial charge in [-0.05, 0) is 38.8 Å². The van der Waals surface area contributed by atoms with E-state index in [9.17, 15) is 13.2 Å². The minimum Gasteiger partial charge on any atom is -0.317 e. The van der Waals surface area contributed by atoms with Crippen LogP contribution in [0.5, 0.6) is 0 Å². The highest BCUT2D eigenvalue weighted by atomic mass is 32.2. The van der Waals surface area contributed by atoms with Gasteiger partial charge in [0.15, 0.2) is 0 Å². The van der Waals surface area contributed by atoms with Crippen LogP contribution >= 0.6 is 11.8 Å². The van der Waals surface area contributed by atoms with Crippen molar-refractivity contribution in [2.75, 3.05) is 31.9 Å². The standard InChI is InChI=1S/C12H21F3N2S/c13-12(14,15)9-17(10-1-2-10)7-8-18-11-3-5-16-6-4-11/h10-11,16H,1-9H2. The zero-order chi connectivity index (χ0) is 13.0. The number of rotatable bonds is 6. The monoisotopic (exact) mass is 282 g/mol. The maximum absolute atomic E-state index is 12.4. The SMILES string of the molecule is FC(F)(F)CN(CCSC1CCNCC1)C1CC1. The Balaban J connectivity index is 1.65. The van der Waals surface area contributed by atoms with Crippen LogP contribution in [0.1, 0.15) is 25.7 Å². The summed E-state index contributed by atoms with van der Waals surface area (Å²) in [5.74, 6) is 0.831. The zero-order valence-electron chi connectivity index (χ0n) is 10.5. The van der Waals surface area contributed by atoms with Gasteiger partial charge in [-0.3, -0.25) is 4.90 Å². The molecule has 2 nitrogen and oxygen atoms in total. The minimum atomic E-state index is -4.05. The molecule has 0 unspecified atom stereocenters. The lowest BCUT2D eigenvalue weighted by Gasteiger charge is -2.26. The quantitative estimate of drug-likeness (QED) is 0.806. The first-order chi connectivity index (χ1) is 8.54. The Morgan fingerprint density at radius 1 is 1.11 bits per heavy atom. The molecule has 0 radical (unpaired) electrons. The third kappa shape index (κ3) is 5.36. The van der Waals surface area contributed by atoms with Crippen LogP contribution in [0.2, 0.25) is 0 Å². The molecule has 106 valence electrons. The van der Waals surface area contributed by atoms with Crippen LogP contribution in [0.15, 0.2) is 0 Å². The van der Waals surface area contributed by atoms with E-state index in [2.05, 4.69) is 5.32 Å². The topological polar surface area (TPSA) is 15.3 Å². The highest BCUT2D eigenvalue weighted by molar-refractivity contribution is 7.99. The highest BCUT2D eigenvalue weighted by Crippen LogP contribution is 2.30. The van der Waals surface area contributed by atoms with Crippen molar-refractivity contribution in [2.45, 2.75) is 43.2 Å². The summed E-state index contributed by atoms with van der Waals surface area (Å²) >= 11 is 1.85. The van der Waals surface area contributed by atoms with Crippen molar-refractivity contribution in [2.24, 2.45) is 0 Å².